The van der Waals surface area contributed by atoms with Crippen molar-refractivity contribution in [2.24, 2.45) is 0 Å². The maximum Gasteiger partial charge on any atom is 0.410 e. The Balaban J connectivity index is 2.17. The molecule has 0 bridgehead atoms. The van der Waals surface area contributed by atoms with Gasteiger partial charge < -0.3 is 10.1 Å². The van der Waals surface area contributed by atoms with Gasteiger partial charge in [0.1, 0.15) is 28.8 Å². The monoisotopic (exact) mass is 462 g/mol. The lowest BCUT2D eigenvalue weighted by Gasteiger charge is -2.29. The first-order valence-corrected chi connectivity index (χ1v) is 10.3. The van der Waals surface area contributed by atoms with Crippen molar-refractivity contribution in [1.29, 1.82) is 0 Å². The van der Waals surface area contributed by atoms with Gasteiger partial charge in [0.2, 0.25) is 5.91 Å². The van der Waals surface area contributed by atoms with Gasteiger partial charge in [-0.15, -0.1) is 0 Å². The molecule has 0 heterocycles. The molecular formula is C23H28F2N4O4. The molecule has 178 valence electrons. The van der Waals surface area contributed by atoms with Crippen molar-refractivity contribution in [2.45, 2.75) is 45.8 Å². The summed E-state index contributed by atoms with van der Waals surface area (Å²) in [5.41, 5.74) is 4.01. The first-order valence-electron chi connectivity index (χ1n) is 10.3. The number of halogens is 2. The third-order valence-corrected chi connectivity index (χ3v) is 4.50. The van der Waals surface area contributed by atoms with Gasteiger partial charge in [-0.2, -0.15) is 0 Å². The number of rotatable bonds is 7. The molecule has 0 aromatic heterocycles. The quantitative estimate of drug-likeness (QED) is 0.533. The topological polar surface area (TPSA) is 99.8 Å². The van der Waals surface area contributed by atoms with Crippen LogP contribution in [-0.2, 0) is 9.53 Å². The zero-order valence-electron chi connectivity index (χ0n) is 19.2. The van der Waals surface area contributed by atoms with Crippen LogP contribution in [0.1, 0.15) is 44.5 Å². The summed E-state index contributed by atoms with van der Waals surface area (Å²) in [6.45, 7) is 6.82. The Kier molecular flexibility index (Phi) is 8.33. The minimum Gasteiger partial charge on any atom is -0.444 e. The van der Waals surface area contributed by atoms with E-state index in [0.717, 1.165) is 11.0 Å². The smallest absolute Gasteiger partial charge is 0.410 e. The van der Waals surface area contributed by atoms with Gasteiger partial charge in [-0.1, -0.05) is 13.0 Å². The van der Waals surface area contributed by atoms with E-state index in [2.05, 4.69) is 16.2 Å². The summed E-state index contributed by atoms with van der Waals surface area (Å²) < 4.78 is 32.8. The van der Waals surface area contributed by atoms with Gasteiger partial charge in [0, 0.05) is 7.05 Å². The van der Waals surface area contributed by atoms with Crippen LogP contribution >= 0.6 is 0 Å². The number of hydrogen-bond donors (Lipinski definition) is 3. The normalized spacial score (nSPS) is 11.8. The van der Waals surface area contributed by atoms with E-state index in [1.807, 2.05) is 0 Å². The Labute approximate surface area is 191 Å². The lowest BCUT2D eigenvalue weighted by Crippen LogP contribution is -2.46. The minimum atomic E-state index is -0.920. The van der Waals surface area contributed by atoms with Crippen molar-refractivity contribution >= 4 is 29.3 Å². The highest BCUT2D eigenvalue weighted by atomic mass is 19.1. The van der Waals surface area contributed by atoms with Crippen molar-refractivity contribution in [3.05, 3.63) is 59.7 Å². The van der Waals surface area contributed by atoms with Crippen LogP contribution in [0.4, 0.5) is 25.0 Å². The lowest BCUT2D eigenvalue weighted by molar-refractivity contribution is -0.121. The molecule has 2 aromatic rings. The Hall–Kier alpha value is -3.69. The highest BCUT2D eigenvalue weighted by Crippen LogP contribution is 2.21. The fourth-order valence-corrected chi connectivity index (χ4v) is 2.90. The highest BCUT2D eigenvalue weighted by molar-refractivity contribution is 6.05. The van der Waals surface area contributed by atoms with Crippen LogP contribution in [0.2, 0.25) is 0 Å². The summed E-state index contributed by atoms with van der Waals surface area (Å²) in [4.78, 5) is 39.0. The van der Waals surface area contributed by atoms with E-state index in [9.17, 15) is 23.2 Å². The molecule has 0 saturated carbocycles. The molecule has 33 heavy (non-hydrogen) atoms. The summed E-state index contributed by atoms with van der Waals surface area (Å²) >= 11 is 0. The molecule has 8 nitrogen and oxygen atoms in total. The molecule has 3 amide bonds. The largest absolute Gasteiger partial charge is 0.444 e. The second-order valence-corrected chi connectivity index (χ2v) is 8.25. The van der Waals surface area contributed by atoms with Gasteiger partial charge in [0.05, 0.1) is 11.4 Å². The Morgan fingerprint density at radius 2 is 1.70 bits per heavy atom. The summed E-state index contributed by atoms with van der Waals surface area (Å²) in [6.07, 6.45) is -0.435. The Morgan fingerprint density at radius 3 is 2.27 bits per heavy atom. The summed E-state index contributed by atoms with van der Waals surface area (Å²) in [7, 11) is 1.42. The SMILES string of the molecule is CC[C@@H](C(=O)Nc1cccc(F)c1C(=O)NNc1ccc(F)cc1)N(C)C(=O)OC(C)(C)C. The molecule has 0 unspecified atom stereocenters. The van der Waals surface area contributed by atoms with E-state index in [1.165, 1.54) is 43.4 Å². The second-order valence-electron chi connectivity index (χ2n) is 8.25. The van der Waals surface area contributed by atoms with Crippen molar-refractivity contribution in [2.75, 3.05) is 17.8 Å². The number of carbonyl (C=O) groups excluding carboxylic acids is 3. The van der Waals surface area contributed by atoms with Gasteiger partial charge >= 0.3 is 6.09 Å². The maximum absolute atomic E-state index is 14.5. The fourth-order valence-electron chi connectivity index (χ4n) is 2.90. The number of carbonyl (C=O) groups is 3. The van der Waals surface area contributed by atoms with Gasteiger partial charge in [-0.05, 0) is 63.6 Å². The van der Waals surface area contributed by atoms with Crippen LogP contribution in [-0.4, -0.2) is 41.5 Å². The summed E-state index contributed by atoms with van der Waals surface area (Å²) in [5.74, 6) is -2.79. The molecule has 0 radical (unpaired) electrons. The molecule has 0 aliphatic rings. The zero-order chi connectivity index (χ0) is 24.8. The number of benzene rings is 2. The number of amides is 3. The number of likely N-dealkylation sites (N-methyl/N-ethyl adjacent to an activating group) is 1. The number of ether oxygens (including phenoxy) is 1. The average Bonchev–Trinajstić information content (AvgIpc) is 2.72. The third-order valence-electron chi connectivity index (χ3n) is 4.50. The lowest BCUT2D eigenvalue weighted by atomic mass is 10.1. The molecule has 0 aliphatic carbocycles. The Bertz CT molecular complexity index is 1010. The van der Waals surface area contributed by atoms with Crippen molar-refractivity contribution in [1.82, 2.24) is 10.3 Å². The molecule has 0 spiro atoms. The standard InChI is InChI=1S/C23H28F2N4O4/c1-6-18(29(5)22(32)33-23(2,3)4)20(30)26-17-9-7-8-16(25)19(17)21(31)28-27-15-12-10-14(24)11-13-15/h7-13,18,27H,6H2,1-5H3,(H,26,30)(H,28,31)/t18-/m0/s1. The number of hydrogen-bond acceptors (Lipinski definition) is 5. The van der Waals surface area contributed by atoms with E-state index in [-0.39, 0.29) is 12.1 Å². The van der Waals surface area contributed by atoms with Crippen LogP contribution in [0.5, 0.6) is 0 Å². The molecular weight excluding hydrogens is 434 g/mol. The molecule has 10 heteroatoms. The maximum atomic E-state index is 14.5. The predicted molar refractivity (Wildman–Crippen MR) is 121 cm³/mol. The molecule has 3 N–H and O–H groups in total. The van der Waals surface area contributed by atoms with E-state index in [0.29, 0.717) is 5.69 Å². The molecule has 2 aromatic carbocycles. The van der Waals surface area contributed by atoms with Crippen molar-refractivity contribution < 1.29 is 27.9 Å². The van der Waals surface area contributed by atoms with Crippen LogP contribution in [0.15, 0.2) is 42.5 Å². The van der Waals surface area contributed by atoms with Gasteiger partial charge in [-0.25, -0.2) is 13.6 Å². The fraction of sp³-hybridized carbons (Fsp3) is 0.348. The van der Waals surface area contributed by atoms with Crippen LogP contribution in [0.25, 0.3) is 0 Å². The molecule has 0 saturated heterocycles. The summed E-state index contributed by atoms with van der Waals surface area (Å²) in [6, 6.07) is 8.02. The van der Waals surface area contributed by atoms with E-state index in [4.69, 9.17) is 4.74 Å². The summed E-state index contributed by atoms with van der Waals surface area (Å²) in [5, 5.41) is 2.52. The van der Waals surface area contributed by atoms with Crippen LogP contribution < -0.4 is 16.2 Å². The third kappa shape index (κ3) is 7.16. The van der Waals surface area contributed by atoms with Gasteiger partial charge in [0.15, 0.2) is 0 Å². The van der Waals surface area contributed by atoms with Crippen molar-refractivity contribution in [3.63, 3.8) is 0 Å². The highest BCUT2D eigenvalue weighted by Gasteiger charge is 2.30. The molecule has 2 rings (SSSR count). The van der Waals surface area contributed by atoms with E-state index >= 15 is 0 Å². The van der Waals surface area contributed by atoms with Crippen molar-refractivity contribution in [3.8, 4) is 0 Å². The van der Waals surface area contributed by atoms with Gasteiger partial charge in [-0.3, -0.25) is 25.3 Å². The molecule has 1 atom stereocenters. The van der Waals surface area contributed by atoms with Crippen LogP contribution in [0.3, 0.4) is 0 Å². The molecule has 0 fully saturated rings. The number of nitrogens with zero attached hydrogens (tertiary/aromatic N) is 1. The van der Waals surface area contributed by atoms with Crippen LogP contribution in [0, 0.1) is 11.6 Å². The number of anilines is 2. The average molecular weight is 462 g/mol. The van der Waals surface area contributed by atoms with E-state index in [1.54, 1.807) is 27.7 Å². The first kappa shape index (κ1) is 25.6. The Morgan fingerprint density at radius 1 is 1.06 bits per heavy atom. The zero-order valence-corrected chi connectivity index (χ0v) is 19.2. The number of nitrogens with one attached hydrogen (secondary N) is 3. The predicted octanol–water partition coefficient (Wildman–Crippen LogP) is 4.31. The first-order chi connectivity index (χ1) is 15.4. The minimum absolute atomic E-state index is 0.0746. The number of hydrazine groups is 1. The van der Waals surface area contributed by atoms with Gasteiger partial charge in [0.25, 0.3) is 5.91 Å². The van der Waals surface area contributed by atoms with E-state index < -0.39 is 46.7 Å². The molecule has 0 aliphatic heterocycles. The second kappa shape index (κ2) is 10.8.